The van der Waals surface area contributed by atoms with Crippen molar-refractivity contribution in [1.29, 1.82) is 5.26 Å². The first-order valence-electron chi connectivity index (χ1n) is 11.1. The molecule has 170 valence electrons. The number of ether oxygens (including phenoxy) is 1. The lowest BCUT2D eigenvalue weighted by atomic mass is 9.89. The molecule has 2 amide bonds. The lowest BCUT2D eigenvalue weighted by molar-refractivity contribution is -0.142. The van der Waals surface area contributed by atoms with E-state index in [2.05, 4.69) is 6.07 Å². The summed E-state index contributed by atoms with van der Waals surface area (Å²) in [5.74, 6) is -1.64. The highest BCUT2D eigenvalue weighted by Crippen LogP contribution is 2.47. The minimum absolute atomic E-state index is 0.142. The molecule has 1 spiro atoms. The highest BCUT2D eigenvalue weighted by Gasteiger charge is 2.58. The maximum atomic E-state index is 13.8. The third kappa shape index (κ3) is 3.57. The second-order valence-corrected chi connectivity index (χ2v) is 9.01. The largest absolute Gasteiger partial charge is 0.342 e. The number of carbonyl (C=O) groups excluding carboxylic acids is 2. The lowest BCUT2D eigenvalue weighted by Crippen LogP contribution is -2.51. The van der Waals surface area contributed by atoms with Gasteiger partial charge in [0.1, 0.15) is 17.9 Å². The molecule has 0 aliphatic carbocycles. The molecule has 3 saturated heterocycles. The Balaban J connectivity index is 1.30. The summed E-state index contributed by atoms with van der Waals surface area (Å²) in [5, 5.41) is 9.09. The van der Waals surface area contributed by atoms with E-state index in [1.165, 1.54) is 12.1 Å². The van der Waals surface area contributed by atoms with Crippen LogP contribution in [0.1, 0.15) is 58.8 Å². The fraction of sp³-hybridized carbons (Fsp3) is 0.400. The number of nitriles is 1. The molecule has 3 aliphatic heterocycles. The molecule has 0 aromatic heterocycles. The smallest absolute Gasteiger partial charge is 0.257 e. The molecule has 6 nitrogen and oxygen atoms in total. The van der Waals surface area contributed by atoms with E-state index >= 15 is 0 Å². The van der Waals surface area contributed by atoms with Crippen LogP contribution < -0.4 is 0 Å². The van der Waals surface area contributed by atoms with Crippen molar-refractivity contribution in [2.45, 2.75) is 50.5 Å². The van der Waals surface area contributed by atoms with Crippen molar-refractivity contribution in [2.75, 3.05) is 13.1 Å². The number of amides is 2. The van der Waals surface area contributed by atoms with Gasteiger partial charge in [0.05, 0.1) is 17.7 Å². The molecule has 3 fully saturated rings. The summed E-state index contributed by atoms with van der Waals surface area (Å²) in [5.41, 5.74) is 1.21. The average molecular weight is 451 g/mol. The van der Waals surface area contributed by atoms with Gasteiger partial charge in [-0.1, -0.05) is 0 Å². The van der Waals surface area contributed by atoms with Gasteiger partial charge in [-0.15, -0.1) is 0 Å². The van der Waals surface area contributed by atoms with Crippen molar-refractivity contribution >= 4 is 11.8 Å². The Bertz CT molecular complexity index is 1160. The van der Waals surface area contributed by atoms with Crippen molar-refractivity contribution in [3.05, 3.63) is 70.3 Å². The maximum Gasteiger partial charge on any atom is 0.257 e. The number of nitrogens with zero attached hydrogens (tertiary/aromatic N) is 3. The summed E-state index contributed by atoms with van der Waals surface area (Å²) in [6, 6.07) is 10.0. The van der Waals surface area contributed by atoms with Gasteiger partial charge in [-0.25, -0.2) is 8.78 Å². The molecule has 3 aliphatic rings. The Morgan fingerprint density at radius 2 is 1.82 bits per heavy atom. The summed E-state index contributed by atoms with van der Waals surface area (Å²) >= 11 is 0. The van der Waals surface area contributed by atoms with Gasteiger partial charge < -0.3 is 14.5 Å². The fourth-order valence-corrected chi connectivity index (χ4v) is 5.32. The van der Waals surface area contributed by atoms with Crippen LogP contribution in [0.4, 0.5) is 8.78 Å². The predicted octanol–water partition coefficient (Wildman–Crippen LogP) is 3.84. The van der Waals surface area contributed by atoms with Crippen molar-refractivity contribution in [1.82, 2.24) is 9.80 Å². The van der Waals surface area contributed by atoms with Crippen molar-refractivity contribution in [3.63, 3.8) is 0 Å². The summed E-state index contributed by atoms with van der Waals surface area (Å²) in [4.78, 5) is 29.8. The Labute approximate surface area is 190 Å². The molecule has 0 N–H and O–H groups in total. The van der Waals surface area contributed by atoms with Crippen LogP contribution >= 0.6 is 0 Å². The van der Waals surface area contributed by atoms with Crippen molar-refractivity contribution in [2.24, 2.45) is 0 Å². The van der Waals surface area contributed by atoms with Gasteiger partial charge in [0.2, 0.25) is 0 Å². The molecule has 2 unspecified atom stereocenters. The monoisotopic (exact) mass is 451 g/mol. The Hall–Kier alpha value is -3.31. The van der Waals surface area contributed by atoms with Crippen LogP contribution in [0, 0.1) is 29.9 Å². The number of benzene rings is 2. The van der Waals surface area contributed by atoms with E-state index in [1.807, 2.05) is 0 Å². The van der Waals surface area contributed by atoms with Crippen LogP contribution in [-0.2, 0) is 9.53 Å². The lowest BCUT2D eigenvalue weighted by Gasteiger charge is -2.37. The second kappa shape index (κ2) is 7.92. The average Bonchev–Trinajstić information content (AvgIpc) is 3.31. The molecule has 2 aromatic carbocycles. The molecule has 2 aromatic rings. The maximum absolute atomic E-state index is 13.8. The van der Waals surface area contributed by atoms with Gasteiger partial charge in [0, 0.05) is 37.6 Å². The first-order chi connectivity index (χ1) is 15.8. The topological polar surface area (TPSA) is 73.6 Å². The SMILES string of the molecule is Cc1cc(C(=O)N2CCC3(CC2)OC2CCC(c4cc(F)cc(F)c4)N2C3=O)ccc1C#N. The fourth-order valence-electron chi connectivity index (χ4n) is 5.32. The molecule has 33 heavy (non-hydrogen) atoms. The molecule has 8 heteroatoms. The zero-order valence-corrected chi connectivity index (χ0v) is 18.2. The van der Waals surface area contributed by atoms with Crippen molar-refractivity contribution in [3.8, 4) is 6.07 Å². The summed E-state index contributed by atoms with van der Waals surface area (Å²) in [7, 11) is 0. The Kier molecular flexibility index (Phi) is 5.17. The van der Waals surface area contributed by atoms with Crippen LogP contribution in [0.2, 0.25) is 0 Å². The molecular formula is C25H23F2N3O3. The van der Waals surface area contributed by atoms with Crippen molar-refractivity contribution < 1.29 is 23.1 Å². The van der Waals surface area contributed by atoms with Gasteiger partial charge in [0.25, 0.3) is 11.8 Å². The number of halogens is 2. The van der Waals surface area contributed by atoms with Gasteiger partial charge in [-0.3, -0.25) is 9.59 Å². The first-order valence-corrected chi connectivity index (χ1v) is 11.1. The number of fused-ring (bicyclic) bond motifs is 1. The quantitative estimate of drug-likeness (QED) is 0.696. The Morgan fingerprint density at radius 3 is 2.45 bits per heavy atom. The van der Waals surface area contributed by atoms with Gasteiger partial charge in [-0.05, 0) is 61.2 Å². The van der Waals surface area contributed by atoms with E-state index in [-0.39, 0.29) is 11.8 Å². The number of aryl methyl sites for hydroxylation is 1. The van der Waals surface area contributed by atoms with Crippen LogP contribution in [0.15, 0.2) is 36.4 Å². The standard InChI is InChI=1S/C25H23F2N3O3/c1-15-10-16(2-3-17(15)14-28)23(31)29-8-6-25(7-9-29)24(32)30-21(4-5-22(30)33-25)18-11-19(26)13-20(27)12-18/h2-3,10-13,21-22H,4-9H2,1H3. The minimum Gasteiger partial charge on any atom is -0.342 e. The molecule has 3 heterocycles. The van der Waals surface area contributed by atoms with Gasteiger partial charge in [0.15, 0.2) is 5.60 Å². The van der Waals surface area contributed by atoms with Crippen LogP contribution in [0.25, 0.3) is 0 Å². The molecule has 5 rings (SSSR count). The summed E-state index contributed by atoms with van der Waals surface area (Å²) < 4.78 is 33.8. The van der Waals surface area contributed by atoms with Crippen LogP contribution in [0.5, 0.6) is 0 Å². The number of piperidine rings is 1. The first kappa shape index (κ1) is 21.5. The number of hydrogen-bond donors (Lipinski definition) is 0. The van der Waals surface area contributed by atoms with Crippen LogP contribution in [-0.4, -0.2) is 46.5 Å². The minimum atomic E-state index is -1.01. The highest BCUT2D eigenvalue weighted by atomic mass is 19.1. The highest BCUT2D eigenvalue weighted by molar-refractivity contribution is 5.95. The van der Waals surface area contributed by atoms with Gasteiger partial charge in [-0.2, -0.15) is 5.26 Å². The van der Waals surface area contributed by atoms with Gasteiger partial charge >= 0.3 is 0 Å². The van der Waals surface area contributed by atoms with E-state index < -0.39 is 29.5 Å². The third-order valence-corrected chi connectivity index (χ3v) is 7.04. The van der Waals surface area contributed by atoms with E-state index in [0.717, 1.165) is 11.6 Å². The second-order valence-electron chi connectivity index (χ2n) is 9.01. The van der Waals surface area contributed by atoms with E-state index in [1.54, 1.807) is 34.9 Å². The summed E-state index contributed by atoms with van der Waals surface area (Å²) in [6.07, 6.45) is 1.49. The number of likely N-dealkylation sites (tertiary alicyclic amines) is 1. The zero-order valence-electron chi connectivity index (χ0n) is 18.2. The molecule has 0 radical (unpaired) electrons. The zero-order chi connectivity index (χ0) is 23.3. The third-order valence-electron chi connectivity index (χ3n) is 7.04. The number of rotatable bonds is 2. The number of carbonyl (C=O) groups is 2. The van der Waals surface area contributed by atoms with Crippen LogP contribution in [0.3, 0.4) is 0 Å². The number of hydrogen-bond acceptors (Lipinski definition) is 4. The van der Waals surface area contributed by atoms with E-state index in [9.17, 15) is 18.4 Å². The molecule has 2 atom stereocenters. The predicted molar refractivity (Wildman–Crippen MR) is 114 cm³/mol. The van der Waals surface area contributed by atoms with E-state index in [0.29, 0.717) is 55.5 Å². The van der Waals surface area contributed by atoms with E-state index in [4.69, 9.17) is 10.00 Å². The molecular weight excluding hydrogens is 428 g/mol. The molecule has 0 saturated carbocycles. The molecule has 0 bridgehead atoms. The Morgan fingerprint density at radius 1 is 1.12 bits per heavy atom. The summed E-state index contributed by atoms with van der Waals surface area (Å²) in [6.45, 7) is 2.52. The normalized spacial score (nSPS) is 23.6.